The van der Waals surface area contributed by atoms with Crippen molar-refractivity contribution >= 4 is 17.3 Å². The number of hydrogen-bond donors (Lipinski definition) is 2. The molecule has 0 atom stereocenters. The first-order chi connectivity index (χ1) is 11.8. The number of aromatic nitrogens is 2. The molecule has 1 aromatic heterocycles. The number of rotatable bonds is 10. The number of nitrogen functional groups attached to an aromatic ring is 1. The molecule has 0 saturated carbocycles. The maximum atomic E-state index is 6.28. The Balaban J connectivity index is 2.11. The van der Waals surface area contributed by atoms with Gasteiger partial charge >= 0.3 is 0 Å². The average molecular weight is 331 g/mol. The molecule has 0 spiro atoms. The van der Waals surface area contributed by atoms with Crippen LogP contribution in [0.5, 0.6) is 0 Å². The molecule has 1 heterocycles. The number of anilines is 3. The molecule has 0 aliphatic heterocycles. The molecule has 7 heteroatoms. The molecular formula is C17H25N5O2. The van der Waals surface area contributed by atoms with Crippen LogP contribution in [0.3, 0.4) is 0 Å². The summed E-state index contributed by atoms with van der Waals surface area (Å²) in [6.45, 7) is 3.18. The van der Waals surface area contributed by atoms with Gasteiger partial charge in [0.15, 0.2) is 11.6 Å². The molecule has 0 bridgehead atoms. The summed E-state index contributed by atoms with van der Waals surface area (Å²) in [7, 11) is 3.34. The van der Waals surface area contributed by atoms with Crippen molar-refractivity contribution in [2.75, 3.05) is 56.5 Å². The van der Waals surface area contributed by atoms with Crippen molar-refractivity contribution < 1.29 is 9.47 Å². The highest BCUT2D eigenvalue weighted by Crippen LogP contribution is 2.26. The Kier molecular flexibility index (Phi) is 7.25. The Labute approximate surface area is 142 Å². The van der Waals surface area contributed by atoms with Gasteiger partial charge in [-0.3, -0.25) is 0 Å². The zero-order chi connectivity index (χ0) is 17.2. The van der Waals surface area contributed by atoms with Gasteiger partial charge in [0.1, 0.15) is 12.0 Å². The van der Waals surface area contributed by atoms with Gasteiger partial charge in [0.2, 0.25) is 0 Å². The molecule has 0 radical (unpaired) electrons. The van der Waals surface area contributed by atoms with E-state index < -0.39 is 0 Å². The number of hydrogen-bond acceptors (Lipinski definition) is 7. The standard InChI is InChI=1S/C17H25N5O2/c1-23-10-8-22(9-11-24-2)17-15(18)16(20-13-21-17)19-12-14-6-4-3-5-7-14/h3-7,13H,8-12,18H2,1-2H3,(H,19,20,21). The van der Waals surface area contributed by atoms with Gasteiger partial charge in [-0.15, -0.1) is 0 Å². The zero-order valence-corrected chi connectivity index (χ0v) is 14.2. The second kappa shape index (κ2) is 9.69. The number of benzene rings is 1. The van der Waals surface area contributed by atoms with Crippen molar-refractivity contribution in [3.63, 3.8) is 0 Å². The van der Waals surface area contributed by atoms with Crippen molar-refractivity contribution in [2.24, 2.45) is 0 Å². The van der Waals surface area contributed by atoms with E-state index in [-0.39, 0.29) is 0 Å². The molecule has 2 aromatic rings. The summed E-state index contributed by atoms with van der Waals surface area (Å²) in [6, 6.07) is 10.1. The number of ether oxygens (including phenoxy) is 2. The second-order valence-electron chi connectivity index (χ2n) is 5.27. The van der Waals surface area contributed by atoms with E-state index in [0.29, 0.717) is 50.2 Å². The highest BCUT2D eigenvalue weighted by molar-refractivity contribution is 5.74. The van der Waals surface area contributed by atoms with Gasteiger partial charge in [-0.25, -0.2) is 9.97 Å². The predicted molar refractivity (Wildman–Crippen MR) is 96.2 cm³/mol. The molecule has 1 aromatic carbocycles. The van der Waals surface area contributed by atoms with Crippen LogP contribution in [0, 0.1) is 0 Å². The lowest BCUT2D eigenvalue weighted by molar-refractivity contribution is 0.190. The third kappa shape index (κ3) is 5.07. The Morgan fingerprint density at radius 2 is 1.71 bits per heavy atom. The summed E-state index contributed by atoms with van der Waals surface area (Å²) >= 11 is 0. The minimum Gasteiger partial charge on any atom is -0.393 e. The van der Waals surface area contributed by atoms with Crippen LogP contribution < -0.4 is 16.0 Å². The average Bonchev–Trinajstić information content (AvgIpc) is 2.62. The van der Waals surface area contributed by atoms with Crippen LogP contribution in [0.4, 0.5) is 17.3 Å². The minimum atomic E-state index is 0.528. The minimum absolute atomic E-state index is 0.528. The SMILES string of the molecule is COCCN(CCOC)c1ncnc(NCc2ccccc2)c1N. The highest BCUT2D eigenvalue weighted by atomic mass is 16.5. The number of methoxy groups -OCH3 is 2. The Hall–Kier alpha value is -2.38. The van der Waals surface area contributed by atoms with E-state index in [2.05, 4.69) is 27.4 Å². The lowest BCUT2D eigenvalue weighted by atomic mass is 10.2. The van der Waals surface area contributed by atoms with Gasteiger partial charge in [-0.1, -0.05) is 30.3 Å². The highest BCUT2D eigenvalue weighted by Gasteiger charge is 2.15. The molecule has 24 heavy (non-hydrogen) atoms. The molecule has 0 amide bonds. The Morgan fingerprint density at radius 3 is 2.33 bits per heavy atom. The first-order valence-electron chi connectivity index (χ1n) is 7.87. The lowest BCUT2D eigenvalue weighted by Crippen LogP contribution is -2.32. The first-order valence-corrected chi connectivity index (χ1v) is 7.87. The summed E-state index contributed by atoms with van der Waals surface area (Å²) < 4.78 is 10.3. The van der Waals surface area contributed by atoms with E-state index in [0.717, 1.165) is 5.56 Å². The van der Waals surface area contributed by atoms with E-state index in [1.54, 1.807) is 14.2 Å². The van der Waals surface area contributed by atoms with Gasteiger partial charge in [-0.05, 0) is 5.56 Å². The summed E-state index contributed by atoms with van der Waals surface area (Å²) in [6.07, 6.45) is 1.52. The lowest BCUT2D eigenvalue weighted by Gasteiger charge is -2.25. The van der Waals surface area contributed by atoms with Crippen molar-refractivity contribution in [2.45, 2.75) is 6.54 Å². The van der Waals surface area contributed by atoms with E-state index in [1.165, 1.54) is 6.33 Å². The summed E-state index contributed by atoms with van der Waals surface area (Å²) in [5.41, 5.74) is 7.97. The fourth-order valence-electron chi connectivity index (χ4n) is 2.29. The molecule has 0 aliphatic rings. The molecule has 0 aliphatic carbocycles. The molecule has 0 fully saturated rings. The normalized spacial score (nSPS) is 10.6. The van der Waals surface area contributed by atoms with Crippen LogP contribution in [0.25, 0.3) is 0 Å². The smallest absolute Gasteiger partial charge is 0.157 e. The Morgan fingerprint density at radius 1 is 1.04 bits per heavy atom. The quantitative estimate of drug-likeness (QED) is 0.686. The van der Waals surface area contributed by atoms with E-state index in [9.17, 15) is 0 Å². The third-order valence-corrected chi connectivity index (χ3v) is 3.60. The Bertz CT molecular complexity index is 601. The van der Waals surface area contributed by atoms with Crippen molar-refractivity contribution in [3.05, 3.63) is 42.2 Å². The second-order valence-corrected chi connectivity index (χ2v) is 5.27. The van der Waals surface area contributed by atoms with E-state index >= 15 is 0 Å². The topological polar surface area (TPSA) is 85.5 Å². The molecule has 7 nitrogen and oxygen atoms in total. The third-order valence-electron chi connectivity index (χ3n) is 3.60. The fourth-order valence-corrected chi connectivity index (χ4v) is 2.29. The maximum Gasteiger partial charge on any atom is 0.157 e. The molecule has 0 unspecified atom stereocenters. The number of nitrogens with two attached hydrogens (primary N) is 1. The van der Waals surface area contributed by atoms with Crippen molar-refractivity contribution in [1.29, 1.82) is 0 Å². The van der Waals surface area contributed by atoms with Crippen molar-refractivity contribution in [1.82, 2.24) is 9.97 Å². The largest absolute Gasteiger partial charge is 0.393 e. The maximum absolute atomic E-state index is 6.28. The zero-order valence-electron chi connectivity index (χ0n) is 14.2. The van der Waals surface area contributed by atoms with Gasteiger partial charge in [-0.2, -0.15) is 0 Å². The summed E-state index contributed by atoms with van der Waals surface area (Å²) in [5.74, 6) is 1.32. The molecule has 130 valence electrons. The monoisotopic (exact) mass is 331 g/mol. The predicted octanol–water partition coefficient (Wildman–Crippen LogP) is 1.77. The number of nitrogens with zero attached hydrogens (tertiary/aromatic N) is 3. The van der Waals surface area contributed by atoms with Crippen LogP contribution in [0.15, 0.2) is 36.7 Å². The molecule has 2 rings (SSSR count). The van der Waals surface area contributed by atoms with Crippen LogP contribution in [0.1, 0.15) is 5.56 Å². The van der Waals surface area contributed by atoms with Crippen LogP contribution in [0.2, 0.25) is 0 Å². The van der Waals surface area contributed by atoms with Gasteiger partial charge in [0.05, 0.1) is 13.2 Å². The van der Waals surface area contributed by atoms with Crippen LogP contribution >= 0.6 is 0 Å². The van der Waals surface area contributed by atoms with Gasteiger partial charge in [0.25, 0.3) is 0 Å². The van der Waals surface area contributed by atoms with E-state index in [4.69, 9.17) is 15.2 Å². The fraction of sp³-hybridized carbons (Fsp3) is 0.412. The molecule has 0 saturated heterocycles. The van der Waals surface area contributed by atoms with Crippen molar-refractivity contribution in [3.8, 4) is 0 Å². The summed E-state index contributed by atoms with van der Waals surface area (Å²) in [4.78, 5) is 10.6. The molecular weight excluding hydrogens is 306 g/mol. The first kappa shape index (κ1) is 18.0. The van der Waals surface area contributed by atoms with E-state index in [1.807, 2.05) is 23.1 Å². The van der Waals surface area contributed by atoms with Gasteiger partial charge < -0.3 is 25.4 Å². The summed E-state index contributed by atoms with van der Waals surface area (Å²) in [5, 5.41) is 3.27. The van der Waals surface area contributed by atoms with Gasteiger partial charge in [0, 0.05) is 33.9 Å². The van der Waals surface area contributed by atoms with Crippen LogP contribution in [-0.2, 0) is 16.0 Å². The molecule has 3 N–H and O–H groups in total. The number of nitrogens with one attached hydrogen (secondary N) is 1. The van der Waals surface area contributed by atoms with Crippen LogP contribution in [-0.4, -0.2) is 50.5 Å².